The van der Waals surface area contributed by atoms with Gasteiger partial charge in [0.15, 0.2) is 0 Å². The zero-order valence-corrected chi connectivity index (χ0v) is 10.1. The average Bonchev–Trinajstić information content (AvgIpc) is 2.29. The van der Waals surface area contributed by atoms with E-state index >= 15 is 0 Å². The average molecular weight is 283 g/mol. The van der Waals surface area contributed by atoms with E-state index in [0.29, 0.717) is 0 Å². The predicted octanol–water partition coefficient (Wildman–Crippen LogP) is 1.03. The lowest BCUT2D eigenvalue weighted by atomic mass is 10.3. The molecule has 2 N–H and O–H groups in total. The van der Waals surface area contributed by atoms with E-state index in [9.17, 15) is 17.6 Å². The lowest BCUT2D eigenvalue weighted by molar-refractivity contribution is 0.169. The third kappa shape index (κ3) is 3.55. The van der Waals surface area contributed by atoms with Crippen molar-refractivity contribution in [3.05, 3.63) is 29.0 Å². The highest BCUT2D eigenvalue weighted by molar-refractivity contribution is 7.89. The highest BCUT2D eigenvalue weighted by atomic mass is 35.5. The Morgan fingerprint density at radius 2 is 2.12 bits per heavy atom. The second-order valence-electron chi connectivity index (χ2n) is 2.80. The largest absolute Gasteiger partial charge is 0.452 e. The summed E-state index contributed by atoms with van der Waals surface area (Å²) in [5, 5.41) is -0.175. The number of hydrazine groups is 1. The number of amides is 1. The van der Waals surface area contributed by atoms with Crippen molar-refractivity contribution < 1.29 is 22.3 Å². The van der Waals surface area contributed by atoms with Crippen LogP contribution in [-0.4, -0.2) is 21.6 Å². The second-order valence-corrected chi connectivity index (χ2v) is 4.85. The maximum Gasteiger partial charge on any atom is 0.422 e. The van der Waals surface area contributed by atoms with E-state index in [1.165, 1.54) is 0 Å². The molecule has 6 nitrogen and oxygen atoms in total. The van der Waals surface area contributed by atoms with Crippen molar-refractivity contribution in [3.8, 4) is 0 Å². The normalized spacial score (nSPS) is 11.0. The Morgan fingerprint density at radius 3 is 2.71 bits per heavy atom. The Labute approximate surface area is 102 Å². The van der Waals surface area contributed by atoms with Gasteiger partial charge in [0.1, 0.15) is 10.7 Å². The molecule has 9 heteroatoms. The van der Waals surface area contributed by atoms with E-state index < -0.39 is 26.8 Å². The lowest BCUT2D eigenvalue weighted by Gasteiger charge is -2.08. The summed E-state index contributed by atoms with van der Waals surface area (Å²) in [7, 11) is -3.10. The molecule has 0 radical (unpaired) electrons. The highest BCUT2D eigenvalue weighted by Crippen LogP contribution is 2.21. The van der Waals surface area contributed by atoms with Crippen molar-refractivity contribution >= 4 is 27.7 Å². The van der Waals surface area contributed by atoms with Gasteiger partial charge in [0.25, 0.3) is 10.0 Å². The van der Waals surface area contributed by atoms with Crippen LogP contribution in [0.1, 0.15) is 0 Å². The van der Waals surface area contributed by atoms with Gasteiger partial charge in [-0.3, -0.25) is 0 Å². The molecule has 1 amide bonds. The molecule has 0 fully saturated rings. The molecule has 0 aromatic heterocycles. The Morgan fingerprint density at radius 1 is 1.47 bits per heavy atom. The first-order valence-corrected chi connectivity index (χ1v) is 6.04. The van der Waals surface area contributed by atoms with E-state index in [1.54, 1.807) is 10.3 Å². The van der Waals surface area contributed by atoms with Crippen LogP contribution in [0.25, 0.3) is 0 Å². The first-order chi connectivity index (χ1) is 7.86. The van der Waals surface area contributed by atoms with E-state index in [2.05, 4.69) is 4.74 Å². The lowest BCUT2D eigenvalue weighted by Crippen LogP contribution is -2.41. The van der Waals surface area contributed by atoms with Crippen molar-refractivity contribution in [2.75, 3.05) is 7.11 Å². The van der Waals surface area contributed by atoms with E-state index in [1.807, 2.05) is 0 Å². The predicted molar refractivity (Wildman–Crippen MR) is 57.3 cm³/mol. The summed E-state index contributed by atoms with van der Waals surface area (Å²) in [4.78, 5) is 11.9. The van der Waals surface area contributed by atoms with E-state index in [0.717, 1.165) is 25.3 Å². The fourth-order valence-electron chi connectivity index (χ4n) is 0.898. The molecular formula is C8H8ClFN2O4S. The Bertz CT molecular complexity index is 534. The van der Waals surface area contributed by atoms with Gasteiger partial charge in [-0.1, -0.05) is 11.6 Å². The van der Waals surface area contributed by atoms with Crippen molar-refractivity contribution in [1.82, 2.24) is 10.3 Å². The number of hydrogen-bond acceptors (Lipinski definition) is 4. The van der Waals surface area contributed by atoms with Crippen LogP contribution in [-0.2, 0) is 14.8 Å². The van der Waals surface area contributed by atoms with Crippen LogP contribution < -0.4 is 10.3 Å². The fourth-order valence-corrected chi connectivity index (χ4v) is 2.24. The Hall–Kier alpha value is -1.38. The minimum absolute atomic E-state index is 0.175. The second kappa shape index (κ2) is 5.30. The summed E-state index contributed by atoms with van der Waals surface area (Å²) < 4.78 is 40.2. The van der Waals surface area contributed by atoms with Gasteiger partial charge in [-0.25, -0.2) is 23.0 Å². The number of methoxy groups -OCH3 is 1. The molecule has 94 valence electrons. The molecule has 1 rings (SSSR count). The summed E-state index contributed by atoms with van der Waals surface area (Å²) in [6.07, 6.45) is -1.01. The van der Waals surface area contributed by atoms with Crippen LogP contribution in [0.2, 0.25) is 5.02 Å². The number of nitrogens with one attached hydrogen (secondary N) is 2. The van der Waals surface area contributed by atoms with Gasteiger partial charge in [-0.2, -0.15) is 0 Å². The first kappa shape index (κ1) is 13.7. The molecule has 0 unspecified atom stereocenters. The van der Waals surface area contributed by atoms with Crippen LogP contribution in [0.5, 0.6) is 0 Å². The van der Waals surface area contributed by atoms with Gasteiger partial charge < -0.3 is 4.74 Å². The minimum atomic E-state index is -4.15. The molecular weight excluding hydrogens is 275 g/mol. The van der Waals surface area contributed by atoms with Crippen LogP contribution in [0.4, 0.5) is 9.18 Å². The summed E-state index contributed by atoms with van der Waals surface area (Å²) in [5.41, 5.74) is 1.74. The minimum Gasteiger partial charge on any atom is -0.452 e. The molecule has 0 atom stereocenters. The van der Waals surface area contributed by atoms with Crippen molar-refractivity contribution in [3.63, 3.8) is 0 Å². The summed E-state index contributed by atoms with van der Waals surface area (Å²) in [5.74, 6) is -0.771. The Kier molecular flexibility index (Phi) is 4.27. The highest BCUT2D eigenvalue weighted by Gasteiger charge is 2.19. The van der Waals surface area contributed by atoms with Gasteiger partial charge in [0.05, 0.1) is 12.1 Å². The molecule has 0 saturated heterocycles. The van der Waals surface area contributed by atoms with Crippen molar-refractivity contribution in [2.45, 2.75) is 4.90 Å². The topological polar surface area (TPSA) is 84.5 Å². The number of carbonyl (C=O) groups excluding carboxylic acids is 1. The molecule has 0 aliphatic carbocycles. The number of halogens is 2. The SMILES string of the molecule is COC(=O)NNS(=O)(=O)c1cc(F)ccc1Cl. The number of hydrogen-bond donors (Lipinski definition) is 2. The number of rotatable bonds is 3. The quantitative estimate of drug-likeness (QED) is 0.811. The zero-order valence-electron chi connectivity index (χ0n) is 8.53. The number of carbonyl (C=O) groups is 1. The molecule has 17 heavy (non-hydrogen) atoms. The molecule has 0 bridgehead atoms. The van der Waals surface area contributed by atoms with Gasteiger partial charge in [-0.15, -0.1) is 4.83 Å². The summed E-state index contributed by atoms with van der Waals surface area (Å²) >= 11 is 5.60. The number of ether oxygens (including phenoxy) is 1. The first-order valence-electron chi connectivity index (χ1n) is 4.17. The molecule has 0 aliphatic rings. The van der Waals surface area contributed by atoms with Crippen molar-refractivity contribution in [2.24, 2.45) is 0 Å². The van der Waals surface area contributed by atoms with Crippen molar-refractivity contribution in [1.29, 1.82) is 0 Å². The number of benzene rings is 1. The molecule has 0 spiro atoms. The van der Waals surface area contributed by atoms with E-state index in [-0.39, 0.29) is 5.02 Å². The van der Waals surface area contributed by atoms with Gasteiger partial charge >= 0.3 is 6.09 Å². The van der Waals surface area contributed by atoms with Gasteiger partial charge in [0.2, 0.25) is 0 Å². The standard InChI is InChI=1S/C8H8ClFN2O4S/c1-16-8(13)11-12-17(14,15)7-4-5(10)2-3-6(7)9/h2-4,12H,1H3,(H,11,13). The maximum atomic E-state index is 12.9. The Balaban J connectivity index is 2.97. The number of sulfonamides is 1. The van der Waals surface area contributed by atoms with E-state index in [4.69, 9.17) is 11.6 Å². The molecule has 0 aliphatic heterocycles. The molecule has 1 aromatic rings. The van der Waals surface area contributed by atoms with Crippen LogP contribution in [0, 0.1) is 5.82 Å². The third-order valence-corrected chi connectivity index (χ3v) is 3.38. The fraction of sp³-hybridized carbons (Fsp3) is 0.125. The summed E-state index contributed by atoms with van der Waals surface area (Å²) in [6.45, 7) is 0. The smallest absolute Gasteiger partial charge is 0.422 e. The third-order valence-electron chi connectivity index (χ3n) is 1.66. The van der Waals surface area contributed by atoms with Crippen LogP contribution >= 0.6 is 11.6 Å². The molecule has 1 aromatic carbocycles. The van der Waals surface area contributed by atoms with Gasteiger partial charge in [-0.05, 0) is 18.2 Å². The maximum absolute atomic E-state index is 12.9. The van der Waals surface area contributed by atoms with Crippen LogP contribution in [0.15, 0.2) is 23.1 Å². The van der Waals surface area contributed by atoms with Crippen LogP contribution in [0.3, 0.4) is 0 Å². The zero-order chi connectivity index (χ0) is 13.1. The van der Waals surface area contributed by atoms with Gasteiger partial charge in [0, 0.05) is 0 Å². The summed E-state index contributed by atoms with van der Waals surface area (Å²) in [6, 6.07) is 2.82. The molecule has 0 heterocycles. The molecule has 0 saturated carbocycles. The monoisotopic (exact) mass is 282 g/mol.